The van der Waals surface area contributed by atoms with Crippen molar-refractivity contribution in [3.63, 3.8) is 0 Å². The number of piperazine rings is 1. The van der Waals surface area contributed by atoms with Crippen LogP contribution in [0.4, 0.5) is 16.2 Å². The van der Waals surface area contributed by atoms with Gasteiger partial charge in [0.2, 0.25) is 0 Å². The lowest BCUT2D eigenvalue weighted by Crippen LogP contribution is -2.46. The monoisotopic (exact) mass is 410 g/mol. The third-order valence-corrected chi connectivity index (χ3v) is 6.49. The first kappa shape index (κ1) is 20.8. The van der Waals surface area contributed by atoms with Crippen molar-refractivity contribution < 1.29 is 13.2 Å². The van der Waals surface area contributed by atoms with E-state index in [0.717, 1.165) is 44.1 Å². The number of hydrogen-bond acceptors (Lipinski definition) is 5. The van der Waals surface area contributed by atoms with E-state index in [2.05, 4.69) is 22.0 Å². The van der Waals surface area contributed by atoms with E-state index in [0.29, 0.717) is 26.1 Å². The Morgan fingerprint density at radius 3 is 2.43 bits per heavy atom. The third-order valence-electron chi connectivity index (χ3n) is 5.41. The predicted molar refractivity (Wildman–Crippen MR) is 111 cm³/mol. The second-order valence-corrected chi connectivity index (χ2v) is 8.70. The van der Waals surface area contributed by atoms with Crippen molar-refractivity contribution in [2.24, 2.45) is 5.14 Å². The van der Waals surface area contributed by atoms with Crippen molar-refractivity contribution in [2.75, 3.05) is 69.1 Å². The summed E-state index contributed by atoms with van der Waals surface area (Å²) >= 11 is 0. The molecule has 0 saturated carbocycles. The number of benzene rings is 1. The largest absolute Gasteiger partial charge is 0.367 e. The molecule has 2 heterocycles. The van der Waals surface area contributed by atoms with Crippen molar-refractivity contribution >= 4 is 27.6 Å². The van der Waals surface area contributed by atoms with Gasteiger partial charge in [-0.2, -0.15) is 12.7 Å². The number of hydrogen-bond donors (Lipinski definition) is 2. The number of likely N-dealkylation sites (N-methyl/N-ethyl adjacent to an activating group) is 1. The third kappa shape index (κ3) is 5.13. The molecule has 0 spiro atoms. The number of amides is 2. The van der Waals surface area contributed by atoms with E-state index in [1.165, 1.54) is 4.31 Å². The Balaban J connectivity index is 1.65. The summed E-state index contributed by atoms with van der Waals surface area (Å²) in [4.78, 5) is 19.2. The highest BCUT2D eigenvalue weighted by molar-refractivity contribution is 7.86. The predicted octanol–water partition coefficient (Wildman–Crippen LogP) is 0.572. The molecule has 3 rings (SSSR count). The molecular weight excluding hydrogens is 380 g/mol. The van der Waals surface area contributed by atoms with Gasteiger partial charge < -0.3 is 20.0 Å². The van der Waals surface area contributed by atoms with Crippen molar-refractivity contribution in [3.8, 4) is 0 Å². The Labute approximate surface area is 167 Å². The lowest BCUT2D eigenvalue weighted by Gasteiger charge is -2.36. The first-order valence-electron chi connectivity index (χ1n) is 9.78. The van der Waals surface area contributed by atoms with Crippen LogP contribution in [-0.2, 0) is 10.2 Å². The zero-order chi connectivity index (χ0) is 20.1. The Morgan fingerprint density at radius 1 is 1.04 bits per heavy atom. The number of nitrogens with zero attached hydrogens (tertiary/aromatic N) is 4. The average molecular weight is 411 g/mol. The molecule has 10 heteroatoms. The van der Waals surface area contributed by atoms with Crippen molar-refractivity contribution in [1.82, 2.24) is 14.1 Å². The summed E-state index contributed by atoms with van der Waals surface area (Å²) in [6, 6.07) is 7.62. The highest BCUT2D eigenvalue weighted by atomic mass is 32.2. The molecule has 156 valence electrons. The van der Waals surface area contributed by atoms with Crippen LogP contribution < -0.4 is 15.4 Å². The average Bonchev–Trinajstić information content (AvgIpc) is 2.95. The van der Waals surface area contributed by atoms with Gasteiger partial charge >= 0.3 is 6.03 Å². The number of carbonyl (C=O) groups excluding carboxylic acids is 1. The molecule has 1 aromatic carbocycles. The minimum Gasteiger partial charge on any atom is -0.367 e. The van der Waals surface area contributed by atoms with E-state index in [-0.39, 0.29) is 12.6 Å². The fraction of sp³-hybridized carbons (Fsp3) is 0.611. The number of rotatable bonds is 4. The van der Waals surface area contributed by atoms with E-state index in [1.54, 1.807) is 4.90 Å². The van der Waals surface area contributed by atoms with Gasteiger partial charge in [0.05, 0.1) is 11.4 Å². The van der Waals surface area contributed by atoms with Crippen LogP contribution in [0.1, 0.15) is 13.3 Å². The summed E-state index contributed by atoms with van der Waals surface area (Å²) in [5.74, 6) is 0. The van der Waals surface area contributed by atoms with Crippen LogP contribution in [0.15, 0.2) is 24.3 Å². The number of anilines is 2. The summed E-state index contributed by atoms with van der Waals surface area (Å²) < 4.78 is 24.3. The first-order chi connectivity index (χ1) is 13.4. The molecule has 3 N–H and O–H groups in total. The van der Waals surface area contributed by atoms with Crippen LogP contribution in [0.2, 0.25) is 0 Å². The molecule has 2 aliphatic heterocycles. The molecule has 2 amide bonds. The lowest BCUT2D eigenvalue weighted by atomic mass is 10.2. The lowest BCUT2D eigenvalue weighted by molar-refractivity contribution is 0.214. The minimum atomic E-state index is -3.72. The summed E-state index contributed by atoms with van der Waals surface area (Å²) in [5.41, 5.74) is 1.80. The van der Waals surface area contributed by atoms with Gasteiger partial charge in [-0.15, -0.1) is 0 Å². The number of nitrogens with two attached hydrogens (primary N) is 1. The highest BCUT2D eigenvalue weighted by Gasteiger charge is 2.25. The normalized spacial score (nSPS) is 20.1. The molecule has 0 unspecified atom stereocenters. The Morgan fingerprint density at radius 2 is 1.75 bits per heavy atom. The maximum absolute atomic E-state index is 12.8. The standard InChI is InChI=1S/C18H30N6O3S/c1-2-21-10-12-22(13-11-21)17-7-4-3-6-16(17)20-18(25)23-8-5-9-24(15-14-23)28(19,26)27/h3-4,6-7H,2,5,8-15H2,1H3,(H,20,25)(H2,19,26,27). The minimum absolute atomic E-state index is 0.212. The SMILES string of the molecule is CCN1CCN(c2ccccc2NC(=O)N2CCCN(S(N)(=O)=O)CC2)CC1. The molecule has 28 heavy (non-hydrogen) atoms. The van der Waals surface area contributed by atoms with Crippen molar-refractivity contribution in [2.45, 2.75) is 13.3 Å². The Kier molecular flexibility index (Phi) is 6.76. The summed E-state index contributed by atoms with van der Waals surface area (Å²) in [5, 5.41) is 8.23. The Bertz CT molecular complexity index is 779. The van der Waals surface area contributed by atoms with Crippen LogP contribution in [0.5, 0.6) is 0 Å². The van der Waals surface area contributed by atoms with E-state index < -0.39 is 10.2 Å². The molecule has 2 fully saturated rings. The van der Waals surface area contributed by atoms with Gasteiger partial charge in [0, 0.05) is 52.4 Å². The summed E-state index contributed by atoms with van der Waals surface area (Å²) in [6.07, 6.45) is 0.560. The first-order valence-corrected chi connectivity index (χ1v) is 11.3. The van der Waals surface area contributed by atoms with Crippen LogP contribution in [0, 0.1) is 0 Å². The molecule has 2 aliphatic rings. The number of carbonyl (C=O) groups is 1. The Hall–Kier alpha value is -1.88. The summed E-state index contributed by atoms with van der Waals surface area (Å²) in [6.45, 7) is 8.45. The van der Waals surface area contributed by atoms with E-state index in [1.807, 2.05) is 24.3 Å². The van der Waals surface area contributed by atoms with Crippen LogP contribution in [-0.4, -0.2) is 87.5 Å². The van der Waals surface area contributed by atoms with Crippen LogP contribution in [0.3, 0.4) is 0 Å². The molecule has 0 bridgehead atoms. The molecule has 0 atom stereocenters. The molecule has 0 aliphatic carbocycles. The molecular formula is C18H30N6O3S. The van der Waals surface area contributed by atoms with Gasteiger partial charge in [0.1, 0.15) is 0 Å². The second kappa shape index (κ2) is 9.08. The maximum atomic E-state index is 12.8. The number of para-hydroxylation sites is 2. The number of urea groups is 1. The van der Waals surface area contributed by atoms with Gasteiger partial charge in [-0.25, -0.2) is 9.93 Å². The molecule has 0 radical (unpaired) electrons. The molecule has 2 saturated heterocycles. The van der Waals surface area contributed by atoms with E-state index in [4.69, 9.17) is 5.14 Å². The second-order valence-electron chi connectivity index (χ2n) is 7.15. The summed E-state index contributed by atoms with van der Waals surface area (Å²) in [7, 11) is -3.72. The molecule has 1 aromatic rings. The van der Waals surface area contributed by atoms with Crippen LogP contribution >= 0.6 is 0 Å². The van der Waals surface area contributed by atoms with Crippen molar-refractivity contribution in [3.05, 3.63) is 24.3 Å². The number of nitrogens with one attached hydrogen (secondary N) is 1. The quantitative estimate of drug-likeness (QED) is 0.756. The molecule has 0 aromatic heterocycles. The zero-order valence-corrected chi connectivity index (χ0v) is 17.2. The maximum Gasteiger partial charge on any atom is 0.321 e. The van der Waals surface area contributed by atoms with Gasteiger partial charge in [-0.3, -0.25) is 0 Å². The topological polar surface area (TPSA) is 102 Å². The smallest absolute Gasteiger partial charge is 0.321 e. The highest BCUT2D eigenvalue weighted by Crippen LogP contribution is 2.27. The molecule has 9 nitrogen and oxygen atoms in total. The fourth-order valence-electron chi connectivity index (χ4n) is 3.71. The van der Waals surface area contributed by atoms with Gasteiger partial charge in [0.15, 0.2) is 0 Å². The fourth-order valence-corrected chi connectivity index (χ4v) is 4.43. The zero-order valence-electron chi connectivity index (χ0n) is 16.4. The van der Waals surface area contributed by atoms with Gasteiger partial charge in [0.25, 0.3) is 10.2 Å². The van der Waals surface area contributed by atoms with Gasteiger partial charge in [-0.1, -0.05) is 19.1 Å². The van der Waals surface area contributed by atoms with Crippen molar-refractivity contribution in [1.29, 1.82) is 0 Å². The van der Waals surface area contributed by atoms with E-state index >= 15 is 0 Å². The van der Waals surface area contributed by atoms with Crippen LogP contribution in [0.25, 0.3) is 0 Å². The van der Waals surface area contributed by atoms with Gasteiger partial charge in [-0.05, 0) is 25.1 Å². The van der Waals surface area contributed by atoms with E-state index in [9.17, 15) is 13.2 Å².